The van der Waals surface area contributed by atoms with Gasteiger partial charge in [0.25, 0.3) is 5.69 Å². The number of methoxy groups -OCH3 is 2. The summed E-state index contributed by atoms with van der Waals surface area (Å²) in [5.74, 6) is -3.01. The summed E-state index contributed by atoms with van der Waals surface area (Å²) in [6, 6.07) is 2.14. The quantitative estimate of drug-likeness (QED) is 0.353. The molecule has 1 aromatic carbocycles. The third-order valence-corrected chi connectivity index (χ3v) is 2.54. The van der Waals surface area contributed by atoms with Crippen LogP contribution in [0.15, 0.2) is 30.0 Å². The summed E-state index contributed by atoms with van der Waals surface area (Å²) < 4.78 is 49.7. The molecule has 25 heavy (non-hydrogen) atoms. The fraction of sp³-hybridized carbons (Fsp3) is 0.231. The molecule has 9 nitrogen and oxygen atoms in total. The zero-order chi connectivity index (χ0) is 19.2. The highest BCUT2D eigenvalue weighted by atomic mass is 19.4. The van der Waals surface area contributed by atoms with Crippen molar-refractivity contribution in [2.75, 3.05) is 19.5 Å². The van der Waals surface area contributed by atoms with Crippen LogP contribution in [-0.4, -0.2) is 37.4 Å². The number of alkyl halides is 3. The van der Waals surface area contributed by atoms with Crippen molar-refractivity contribution in [2.45, 2.75) is 6.36 Å². The number of halogens is 3. The van der Waals surface area contributed by atoms with Gasteiger partial charge in [0.05, 0.1) is 30.9 Å². The molecule has 0 aliphatic heterocycles. The van der Waals surface area contributed by atoms with Gasteiger partial charge in [-0.3, -0.25) is 10.1 Å². The number of carbonyl (C=O) groups is 2. The molecule has 0 heterocycles. The molecule has 0 saturated heterocycles. The minimum absolute atomic E-state index is 0.584. The number of ether oxygens (including phenoxy) is 3. The first-order valence-corrected chi connectivity index (χ1v) is 6.26. The molecule has 1 rings (SSSR count). The van der Waals surface area contributed by atoms with E-state index in [0.717, 1.165) is 20.3 Å². The van der Waals surface area contributed by atoms with Crippen LogP contribution < -0.4 is 10.1 Å². The van der Waals surface area contributed by atoms with Crippen LogP contribution in [0.4, 0.5) is 24.5 Å². The number of carbonyl (C=O) groups excluding carboxylic acids is 2. The van der Waals surface area contributed by atoms with Crippen molar-refractivity contribution in [3.8, 4) is 5.75 Å². The number of nitro groups is 1. The van der Waals surface area contributed by atoms with E-state index in [0.29, 0.717) is 18.2 Å². The van der Waals surface area contributed by atoms with E-state index >= 15 is 0 Å². The highest BCUT2D eigenvalue weighted by Gasteiger charge is 2.33. The number of benzene rings is 1. The van der Waals surface area contributed by atoms with Gasteiger partial charge in [-0.05, 0) is 6.07 Å². The number of non-ortho nitro benzene ring substituents is 1. The molecule has 0 saturated carbocycles. The van der Waals surface area contributed by atoms with Gasteiger partial charge in [-0.15, -0.1) is 13.2 Å². The Labute approximate surface area is 138 Å². The van der Waals surface area contributed by atoms with E-state index in [-0.39, 0.29) is 0 Å². The highest BCUT2D eigenvalue weighted by molar-refractivity contribution is 5.99. The van der Waals surface area contributed by atoms with Crippen LogP contribution in [0, 0.1) is 10.1 Å². The maximum atomic E-state index is 12.4. The molecule has 0 spiro atoms. The van der Waals surface area contributed by atoms with Crippen LogP contribution in [0.5, 0.6) is 5.75 Å². The van der Waals surface area contributed by atoms with E-state index in [9.17, 15) is 32.9 Å². The predicted molar refractivity (Wildman–Crippen MR) is 75.5 cm³/mol. The van der Waals surface area contributed by atoms with Gasteiger partial charge in [-0.1, -0.05) is 0 Å². The normalized spacial score (nSPS) is 11.5. The molecule has 0 aliphatic rings. The summed E-state index contributed by atoms with van der Waals surface area (Å²) in [5.41, 5.74) is -1.80. The summed E-state index contributed by atoms with van der Waals surface area (Å²) in [5, 5.41) is 12.9. The zero-order valence-corrected chi connectivity index (χ0v) is 12.7. The predicted octanol–water partition coefficient (Wildman–Crippen LogP) is 2.14. The smallest absolute Gasteiger partial charge is 0.466 e. The van der Waals surface area contributed by atoms with Crippen LogP contribution in [0.25, 0.3) is 0 Å². The summed E-state index contributed by atoms with van der Waals surface area (Å²) in [6.45, 7) is 0. The van der Waals surface area contributed by atoms with Gasteiger partial charge in [-0.2, -0.15) is 0 Å². The summed E-state index contributed by atoms with van der Waals surface area (Å²) in [4.78, 5) is 32.8. The van der Waals surface area contributed by atoms with Crippen molar-refractivity contribution in [3.63, 3.8) is 0 Å². The summed E-state index contributed by atoms with van der Waals surface area (Å²) in [7, 11) is 1.95. The summed E-state index contributed by atoms with van der Waals surface area (Å²) >= 11 is 0. The second-order valence-electron chi connectivity index (χ2n) is 4.18. The first kappa shape index (κ1) is 19.7. The molecular weight excluding hydrogens is 353 g/mol. The number of hydrogen-bond acceptors (Lipinski definition) is 8. The van der Waals surface area contributed by atoms with Gasteiger partial charge in [0.15, 0.2) is 5.75 Å². The van der Waals surface area contributed by atoms with E-state index in [1.165, 1.54) is 0 Å². The lowest BCUT2D eigenvalue weighted by molar-refractivity contribution is -0.384. The van der Waals surface area contributed by atoms with Crippen molar-refractivity contribution in [2.24, 2.45) is 0 Å². The molecule has 0 unspecified atom stereocenters. The molecular formula is C13H11F3N2O7. The largest absolute Gasteiger partial charge is 0.573 e. The number of anilines is 1. The minimum Gasteiger partial charge on any atom is -0.466 e. The molecule has 0 fully saturated rings. The Kier molecular flexibility index (Phi) is 6.31. The minimum atomic E-state index is -5.09. The van der Waals surface area contributed by atoms with Crippen molar-refractivity contribution in [1.82, 2.24) is 0 Å². The monoisotopic (exact) mass is 364 g/mol. The van der Waals surface area contributed by atoms with Crippen LogP contribution in [0.1, 0.15) is 0 Å². The SMILES string of the molecule is COC(=O)/C=C(/Nc1cc([N+](=O)[O-])ccc1OC(F)(F)F)C(=O)OC. The van der Waals surface area contributed by atoms with Crippen LogP contribution in [-0.2, 0) is 19.1 Å². The Bertz CT molecular complexity index is 716. The molecule has 12 heteroatoms. The average molecular weight is 364 g/mol. The van der Waals surface area contributed by atoms with Crippen molar-refractivity contribution >= 4 is 23.3 Å². The van der Waals surface area contributed by atoms with E-state index in [1.807, 2.05) is 0 Å². The van der Waals surface area contributed by atoms with Gasteiger partial charge < -0.3 is 19.5 Å². The second kappa shape index (κ2) is 7.99. The Morgan fingerprint density at radius 1 is 1.24 bits per heavy atom. The topological polar surface area (TPSA) is 117 Å². The number of hydrogen-bond donors (Lipinski definition) is 1. The first-order valence-electron chi connectivity index (χ1n) is 6.26. The van der Waals surface area contributed by atoms with Crippen molar-refractivity contribution in [1.29, 1.82) is 0 Å². The molecule has 1 N–H and O–H groups in total. The maximum absolute atomic E-state index is 12.4. The number of nitrogens with zero attached hydrogens (tertiary/aromatic N) is 1. The Balaban J connectivity index is 3.36. The Morgan fingerprint density at radius 2 is 1.88 bits per heavy atom. The molecule has 0 radical (unpaired) electrons. The lowest BCUT2D eigenvalue weighted by Crippen LogP contribution is -2.20. The van der Waals surface area contributed by atoms with Gasteiger partial charge in [0, 0.05) is 12.1 Å². The third-order valence-electron chi connectivity index (χ3n) is 2.54. The van der Waals surface area contributed by atoms with Gasteiger partial charge in [-0.25, -0.2) is 9.59 Å². The van der Waals surface area contributed by atoms with Gasteiger partial charge in [0.1, 0.15) is 5.70 Å². The standard InChI is InChI=1S/C13H11F3N2O7/c1-23-11(19)6-9(12(20)24-2)17-8-5-7(18(21)22)3-4-10(8)25-13(14,15)16/h3-6,17H,1-2H3/b9-6+. The molecule has 0 amide bonds. The number of rotatable bonds is 6. The lowest BCUT2D eigenvalue weighted by Gasteiger charge is -2.15. The Morgan fingerprint density at radius 3 is 2.36 bits per heavy atom. The Hall–Kier alpha value is -3.31. The maximum Gasteiger partial charge on any atom is 0.573 e. The third kappa shape index (κ3) is 6.01. The fourth-order valence-corrected chi connectivity index (χ4v) is 1.52. The number of nitrogens with one attached hydrogen (secondary N) is 1. The van der Waals surface area contributed by atoms with Gasteiger partial charge >= 0.3 is 18.3 Å². The molecule has 136 valence electrons. The summed E-state index contributed by atoms with van der Waals surface area (Å²) in [6.07, 6.45) is -4.49. The van der Waals surface area contributed by atoms with Crippen LogP contribution in [0.3, 0.4) is 0 Å². The van der Waals surface area contributed by atoms with E-state index in [4.69, 9.17) is 0 Å². The van der Waals surface area contributed by atoms with Crippen LogP contribution in [0.2, 0.25) is 0 Å². The van der Waals surface area contributed by atoms with E-state index in [2.05, 4.69) is 19.5 Å². The average Bonchev–Trinajstić information content (AvgIpc) is 2.53. The first-order chi connectivity index (χ1) is 11.6. The second-order valence-corrected chi connectivity index (χ2v) is 4.18. The molecule has 1 aromatic rings. The van der Waals surface area contributed by atoms with Gasteiger partial charge in [0.2, 0.25) is 0 Å². The van der Waals surface area contributed by atoms with Crippen molar-refractivity contribution < 1.29 is 41.9 Å². The molecule has 0 aliphatic carbocycles. The molecule has 0 atom stereocenters. The number of nitro benzene ring substituents is 1. The fourth-order valence-electron chi connectivity index (χ4n) is 1.52. The van der Waals surface area contributed by atoms with Crippen molar-refractivity contribution in [3.05, 3.63) is 40.1 Å². The zero-order valence-electron chi connectivity index (χ0n) is 12.7. The molecule has 0 aromatic heterocycles. The molecule has 0 bridgehead atoms. The van der Waals surface area contributed by atoms with E-state index < -0.39 is 46.0 Å². The lowest BCUT2D eigenvalue weighted by atomic mass is 10.2. The van der Waals surface area contributed by atoms with Crippen LogP contribution >= 0.6 is 0 Å². The van der Waals surface area contributed by atoms with E-state index in [1.54, 1.807) is 0 Å². The highest BCUT2D eigenvalue weighted by Crippen LogP contribution is 2.34. The number of esters is 2.